The molecule has 2 aromatic heterocycles. The average Bonchev–Trinajstić information content (AvgIpc) is 3.05. The largest absolute Gasteiger partial charge is 0.308 e. The molecule has 1 aromatic carbocycles. The first-order valence-corrected chi connectivity index (χ1v) is 6.95. The summed E-state index contributed by atoms with van der Waals surface area (Å²) in [5.74, 6) is 0.622. The van der Waals surface area contributed by atoms with Crippen LogP contribution in [0.15, 0.2) is 42.5 Å². The number of fused-ring (bicyclic) bond motifs is 3. The van der Waals surface area contributed by atoms with E-state index in [4.69, 9.17) is 0 Å². The van der Waals surface area contributed by atoms with E-state index >= 15 is 0 Å². The molecule has 0 bridgehead atoms. The van der Waals surface area contributed by atoms with Gasteiger partial charge < -0.3 is 4.57 Å². The van der Waals surface area contributed by atoms with Gasteiger partial charge >= 0.3 is 0 Å². The molecule has 3 heterocycles. The van der Waals surface area contributed by atoms with Crippen LogP contribution in [0, 0.1) is 6.92 Å². The highest BCUT2D eigenvalue weighted by molar-refractivity contribution is 6.05. The van der Waals surface area contributed by atoms with Gasteiger partial charge in [-0.2, -0.15) is 0 Å². The molecule has 0 saturated heterocycles. The van der Waals surface area contributed by atoms with Crippen molar-refractivity contribution in [2.75, 3.05) is 11.4 Å². The van der Waals surface area contributed by atoms with Crippen LogP contribution in [0.1, 0.15) is 16.2 Å². The van der Waals surface area contributed by atoms with Gasteiger partial charge in [0.1, 0.15) is 5.69 Å². The van der Waals surface area contributed by atoms with E-state index in [2.05, 4.69) is 14.5 Å². The number of hydrogen-bond acceptors (Lipinski definition) is 3. The lowest BCUT2D eigenvalue weighted by atomic mass is 10.3. The zero-order valence-electron chi connectivity index (χ0n) is 11.7. The van der Waals surface area contributed by atoms with Crippen molar-refractivity contribution >= 4 is 22.9 Å². The van der Waals surface area contributed by atoms with Gasteiger partial charge in [0.2, 0.25) is 5.95 Å². The number of aromatic nitrogens is 3. The molecule has 0 fully saturated rings. The summed E-state index contributed by atoms with van der Waals surface area (Å²) in [6, 6.07) is 13.4. The van der Waals surface area contributed by atoms with Gasteiger partial charge in [-0.15, -0.1) is 0 Å². The zero-order valence-corrected chi connectivity index (χ0v) is 11.7. The summed E-state index contributed by atoms with van der Waals surface area (Å²) in [6.07, 6.45) is 0. The maximum Gasteiger partial charge on any atom is 0.279 e. The van der Waals surface area contributed by atoms with Gasteiger partial charge in [0.05, 0.1) is 11.0 Å². The van der Waals surface area contributed by atoms with E-state index in [1.54, 1.807) is 11.0 Å². The molecule has 1 aliphatic rings. The number of nitrogens with zero attached hydrogens (tertiary/aromatic N) is 4. The maximum absolute atomic E-state index is 12.6. The van der Waals surface area contributed by atoms with Crippen molar-refractivity contribution in [3.05, 3.63) is 53.9 Å². The van der Waals surface area contributed by atoms with Gasteiger partial charge in [-0.05, 0) is 31.2 Å². The van der Waals surface area contributed by atoms with Crippen LogP contribution in [-0.4, -0.2) is 27.0 Å². The van der Waals surface area contributed by atoms with E-state index in [1.165, 1.54) is 0 Å². The number of rotatable bonds is 1. The smallest absolute Gasteiger partial charge is 0.279 e. The highest BCUT2D eigenvalue weighted by Crippen LogP contribution is 2.27. The minimum Gasteiger partial charge on any atom is -0.308 e. The van der Waals surface area contributed by atoms with Gasteiger partial charge in [0.15, 0.2) is 0 Å². The fourth-order valence-electron chi connectivity index (χ4n) is 2.78. The van der Waals surface area contributed by atoms with E-state index < -0.39 is 0 Å². The number of para-hydroxylation sites is 2. The van der Waals surface area contributed by atoms with E-state index in [1.807, 2.05) is 43.3 Å². The Hall–Kier alpha value is -2.69. The summed E-state index contributed by atoms with van der Waals surface area (Å²) in [4.78, 5) is 23.3. The highest BCUT2D eigenvalue weighted by atomic mass is 16.2. The molecule has 0 saturated carbocycles. The first kappa shape index (κ1) is 12.1. The first-order chi connectivity index (χ1) is 10.2. The van der Waals surface area contributed by atoms with Crippen molar-refractivity contribution in [3.63, 3.8) is 0 Å². The molecule has 1 amide bonds. The summed E-state index contributed by atoms with van der Waals surface area (Å²) in [7, 11) is 0. The van der Waals surface area contributed by atoms with Crippen molar-refractivity contribution in [2.24, 2.45) is 0 Å². The third-order valence-corrected chi connectivity index (χ3v) is 3.78. The molecule has 0 radical (unpaired) electrons. The van der Waals surface area contributed by atoms with E-state index in [0.717, 1.165) is 23.3 Å². The van der Waals surface area contributed by atoms with Crippen molar-refractivity contribution in [3.8, 4) is 0 Å². The Morgan fingerprint density at radius 3 is 2.76 bits per heavy atom. The van der Waals surface area contributed by atoms with Crippen LogP contribution in [0.5, 0.6) is 0 Å². The van der Waals surface area contributed by atoms with Crippen LogP contribution in [0.4, 0.5) is 5.95 Å². The third kappa shape index (κ3) is 1.81. The number of carbonyl (C=O) groups is 1. The first-order valence-electron chi connectivity index (χ1n) is 6.95. The molecule has 0 spiro atoms. The number of pyridine rings is 1. The SMILES string of the molecule is Cc1cccc(C(=O)N2CCn3c2nc2ccccc23)n1. The summed E-state index contributed by atoms with van der Waals surface area (Å²) in [5.41, 5.74) is 3.30. The summed E-state index contributed by atoms with van der Waals surface area (Å²) >= 11 is 0. The van der Waals surface area contributed by atoms with Crippen molar-refractivity contribution in [1.82, 2.24) is 14.5 Å². The fraction of sp³-hybridized carbons (Fsp3) is 0.188. The molecule has 0 unspecified atom stereocenters. The van der Waals surface area contributed by atoms with Crippen LogP contribution in [-0.2, 0) is 6.54 Å². The Balaban J connectivity index is 1.78. The lowest BCUT2D eigenvalue weighted by Gasteiger charge is -2.13. The van der Waals surface area contributed by atoms with Gasteiger partial charge in [0.25, 0.3) is 5.91 Å². The standard InChI is InChI=1S/C16H14N4O/c1-11-5-4-7-13(17-11)15(21)20-10-9-19-14-8-3-2-6-12(14)18-16(19)20/h2-8H,9-10H2,1H3. The molecule has 1 aliphatic heterocycles. The number of hydrogen-bond donors (Lipinski definition) is 0. The van der Waals surface area contributed by atoms with E-state index in [0.29, 0.717) is 18.2 Å². The summed E-state index contributed by atoms with van der Waals surface area (Å²) in [5, 5.41) is 0. The number of carbonyl (C=O) groups excluding carboxylic acids is 1. The minimum absolute atomic E-state index is 0.0900. The van der Waals surface area contributed by atoms with E-state index in [-0.39, 0.29) is 5.91 Å². The molecule has 5 nitrogen and oxygen atoms in total. The molecule has 21 heavy (non-hydrogen) atoms. The Morgan fingerprint density at radius 2 is 1.90 bits per heavy atom. The number of benzene rings is 1. The van der Waals surface area contributed by atoms with Gasteiger partial charge in [0, 0.05) is 18.8 Å². The average molecular weight is 278 g/mol. The third-order valence-electron chi connectivity index (χ3n) is 3.78. The number of imidazole rings is 1. The highest BCUT2D eigenvalue weighted by Gasteiger charge is 2.29. The predicted molar refractivity (Wildman–Crippen MR) is 80.4 cm³/mol. The molecule has 0 atom stereocenters. The Labute approximate surface area is 121 Å². The van der Waals surface area contributed by atoms with Gasteiger partial charge in [-0.1, -0.05) is 18.2 Å². The Bertz CT molecular complexity index is 852. The Morgan fingerprint density at radius 1 is 1.05 bits per heavy atom. The monoisotopic (exact) mass is 278 g/mol. The van der Waals surface area contributed by atoms with E-state index in [9.17, 15) is 4.79 Å². The molecular weight excluding hydrogens is 264 g/mol. The van der Waals surface area contributed by atoms with Crippen LogP contribution in [0.2, 0.25) is 0 Å². The van der Waals surface area contributed by atoms with Crippen LogP contribution in [0.25, 0.3) is 11.0 Å². The second kappa shape index (κ2) is 4.41. The molecule has 0 aliphatic carbocycles. The van der Waals surface area contributed by atoms with Crippen LogP contribution in [0.3, 0.4) is 0 Å². The number of amides is 1. The molecule has 3 aromatic rings. The van der Waals surface area contributed by atoms with Crippen molar-refractivity contribution < 1.29 is 4.79 Å². The normalized spacial score (nSPS) is 13.7. The molecule has 4 rings (SSSR count). The fourth-order valence-corrected chi connectivity index (χ4v) is 2.78. The van der Waals surface area contributed by atoms with Crippen molar-refractivity contribution in [1.29, 1.82) is 0 Å². The minimum atomic E-state index is -0.0900. The second-order valence-electron chi connectivity index (χ2n) is 5.17. The zero-order chi connectivity index (χ0) is 14.4. The quantitative estimate of drug-likeness (QED) is 0.687. The number of anilines is 1. The lowest BCUT2D eigenvalue weighted by Crippen LogP contribution is -2.30. The predicted octanol–water partition coefficient (Wildman–Crippen LogP) is 2.40. The maximum atomic E-state index is 12.6. The van der Waals surface area contributed by atoms with Crippen LogP contribution >= 0.6 is 0 Å². The topological polar surface area (TPSA) is 51.0 Å². The van der Waals surface area contributed by atoms with Crippen molar-refractivity contribution in [2.45, 2.75) is 13.5 Å². The number of aryl methyl sites for hydroxylation is 1. The molecule has 104 valence electrons. The Kier molecular flexibility index (Phi) is 2.54. The van der Waals surface area contributed by atoms with Crippen LogP contribution < -0.4 is 4.90 Å². The summed E-state index contributed by atoms with van der Waals surface area (Å²) < 4.78 is 2.09. The second-order valence-corrected chi connectivity index (χ2v) is 5.17. The summed E-state index contributed by atoms with van der Waals surface area (Å²) in [6.45, 7) is 3.30. The molecular formula is C16H14N4O. The van der Waals surface area contributed by atoms with Gasteiger partial charge in [-0.25, -0.2) is 9.97 Å². The van der Waals surface area contributed by atoms with Gasteiger partial charge in [-0.3, -0.25) is 9.69 Å². The lowest BCUT2D eigenvalue weighted by molar-refractivity contribution is 0.0984. The molecule has 5 heteroatoms. The molecule has 0 N–H and O–H groups in total.